The third-order valence-electron chi connectivity index (χ3n) is 4.29. The van der Waals surface area contributed by atoms with Gasteiger partial charge in [-0.05, 0) is 24.6 Å². The molecule has 1 aromatic carbocycles. The molecule has 1 saturated heterocycles. The molecule has 128 valence electrons. The van der Waals surface area contributed by atoms with E-state index in [1.165, 1.54) is 4.90 Å². The normalized spacial score (nSPS) is 20.5. The molecule has 2 aromatic rings. The fourth-order valence-corrected chi connectivity index (χ4v) is 3.23. The number of alkyl halides is 1. The van der Waals surface area contributed by atoms with Crippen molar-refractivity contribution in [3.8, 4) is 5.75 Å². The van der Waals surface area contributed by atoms with Crippen LogP contribution in [0.4, 0.5) is 4.39 Å². The zero-order chi connectivity index (χ0) is 17.3. The number of aromatic nitrogens is 1. The molecule has 1 fully saturated rings. The summed E-state index contributed by atoms with van der Waals surface area (Å²) in [6, 6.07) is 4.73. The summed E-state index contributed by atoms with van der Waals surface area (Å²) in [4.78, 5) is 28.4. The number of ether oxygens (including phenoxy) is 1. The topological polar surface area (TPSA) is 88.4 Å². The highest BCUT2D eigenvalue weighted by Gasteiger charge is 2.38. The molecule has 0 bridgehead atoms. The van der Waals surface area contributed by atoms with Gasteiger partial charge in [-0.1, -0.05) is 6.07 Å². The molecule has 24 heavy (non-hydrogen) atoms. The van der Waals surface area contributed by atoms with Crippen molar-refractivity contribution in [1.29, 1.82) is 0 Å². The number of benzene rings is 1. The number of amides is 2. The highest BCUT2D eigenvalue weighted by atomic mass is 19.1. The van der Waals surface area contributed by atoms with Gasteiger partial charge in [0, 0.05) is 23.5 Å². The average molecular weight is 333 g/mol. The van der Waals surface area contributed by atoms with Gasteiger partial charge in [-0.3, -0.25) is 9.59 Å². The molecule has 2 atom stereocenters. The molecule has 2 amide bonds. The van der Waals surface area contributed by atoms with E-state index in [4.69, 9.17) is 10.5 Å². The fourth-order valence-electron chi connectivity index (χ4n) is 3.23. The second-order valence-electron chi connectivity index (χ2n) is 5.90. The van der Waals surface area contributed by atoms with Crippen LogP contribution in [0.5, 0.6) is 5.75 Å². The van der Waals surface area contributed by atoms with E-state index in [0.29, 0.717) is 12.4 Å². The number of nitrogens with one attached hydrogen (secondary N) is 1. The lowest BCUT2D eigenvalue weighted by Crippen LogP contribution is -2.44. The van der Waals surface area contributed by atoms with E-state index in [-0.39, 0.29) is 25.3 Å². The van der Waals surface area contributed by atoms with Gasteiger partial charge in [0.15, 0.2) is 0 Å². The molecule has 0 spiro atoms. The Bertz CT molecular complexity index is 774. The number of primary amides is 1. The zero-order valence-corrected chi connectivity index (χ0v) is 13.4. The first-order chi connectivity index (χ1) is 11.5. The third kappa shape index (κ3) is 2.93. The summed E-state index contributed by atoms with van der Waals surface area (Å²) in [6.07, 6.45) is 0.556. The van der Waals surface area contributed by atoms with E-state index in [9.17, 15) is 14.0 Å². The Kier molecular flexibility index (Phi) is 4.42. The highest BCUT2D eigenvalue weighted by Crippen LogP contribution is 2.30. The first-order valence-electron chi connectivity index (χ1n) is 7.95. The second kappa shape index (κ2) is 6.51. The zero-order valence-electron chi connectivity index (χ0n) is 13.4. The number of likely N-dealkylation sites (tertiary alicyclic amines) is 1. The molecule has 0 unspecified atom stereocenters. The summed E-state index contributed by atoms with van der Waals surface area (Å²) in [7, 11) is 0. The predicted octanol–water partition coefficient (Wildman–Crippen LogP) is 1.53. The van der Waals surface area contributed by atoms with Gasteiger partial charge in [-0.25, -0.2) is 4.39 Å². The second-order valence-corrected chi connectivity index (χ2v) is 5.90. The number of hydrogen-bond acceptors (Lipinski definition) is 3. The maximum Gasteiger partial charge on any atom is 0.240 e. The molecule has 0 aliphatic carbocycles. The molecule has 1 aliphatic heterocycles. The summed E-state index contributed by atoms with van der Waals surface area (Å²) < 4.78 is 19.2. The molecule has 7 heteroatoms. The maximum atomic E-state index is 13.6. The van der Waals surface area contributed by atoms with E-state index >= 15 is 0 Å². The molecule has 3 rings (SSSR count). The molecule has 0 saturated carbocycles. The van der Waals surface area contributed by atoms with Crippen LogP contribution in [0.1, 0.15) is 18.9 Å². The van der Waals surface area contributed by atoms with Gasteiger partial charge >= 0.3 is 0 Å². The number of aromatic amines is 1. The van der Waals surface area contributed by atoms with Crippen molar-refractivity contribution in [1.82, 2.24) is 9.88 Å². The Labute approximate surface area is 138 Å². The Hall–Kier alpha value is -2.57. The van der Waals surface area contributed by atoms with Gasteiger partial charge < -0.3 is 20.4 Å². The SMILES string of the molecule is CCOc1cccc2[nH]cc(CC(=O)N3C[C@H](F)C[C@H]3C(N)=O)c12. The Morgan fingerprint density at radius 3 is 2.96 bits per heavy atom. The van der Waals surface area contributed by atoms with Crippen molar-refractivity contribution in [2.75, 3.05) is 13.2 Å². The lowest BCUT2D eigenvalue weighted by Gasteiger charge is -2.21. The minimum absolute atomic E-state index is 0.0286. The number of H-pyrrole nitrogens is 1. The van der Waals surface area contributed by atoms with Crippen LogP contribution in [0, 0.1) is 0 Å². The summed E-state index contributed by atoms with van der Waals surface area (Å²) in [5.41, 5.74) is 6.91. The Balaban J connectivity index is 1.87. The molecular formula is C17H20FN3O3. The van der Waals surface area contributed by atoms with Crippen molar-refractivity contribution in [3.05, 3.63) is 30.0 Å². The molecule has 1 aliphatic rings. The van der Waals surface area contributed by atoms with Crippen LogP contribution < -0.4 is 10.5 Å². The fraction of sp³-hybridized carbons (Fsp3) is 0.412. The first-order valence-corrected chi connectivity index (χ1v) is 7.95. The van der Waals surface area contributed by atoms with E-state index in [0.717, 1.165) is 16.5 Å². The van der Waals surface area contributed by atoms with Gasteiger partial charge in [-0.15, -0.1) is 0 Å². The van der Waals surface area contributed by atoms with Crippen molar-refractivity contribution in [2.24, 2.45) is 5.73 Å². The van der Waals surface area contributed by atoms with E-state index in [1.54, 1.807) is 6.20 Å². The smallest absolute Gasteiger partial charge is 0.240 e. The molecule has 3 N–H and O–H groups in total. The van der Waals surface area contributed by atoms with Crippen LogP contribution in [0.2, 0.25) is 0 Å². The highest BCUT2D eigenvalue weighted by molar-refractivity contribution is 5.94. The number of hydrogen-bond donors (Lipinski definition) is 2. The van der Waals surface area contributed by atoms with Crippen LogP contribution in [0.25, 0.3) is 10.9 Å². The summed E-state index contributed by atoms with van der Waals surface area (Å²) in [6.45, 7) is 2.31. The van der Waals surface area contributed by atoms with Crippen LogP contribution in [-0.2, 0) is 16.0 Å². The third-order valence-corrected chi connectivity index (χ3v) is 4.29. The maximum absolute atomic E-state index is 13.6. The number of rotatable bonds is 5. The minimum Gasteiger partial charge on any atom is -0.493 e. The van der Waals surface area contributed by atoms with E-state index in [2.05, 4.69) is 4.98 Å². The molecule has 6 nitrogen and oxygen atoms in total. The van der Waals surface area contributed by atoms with Crippen molar-refractivity contribution in [2.45, 2.75) is 32.0 Å². The van der Waals surface area contributed by atoms with Crippen LogP contribution in [0.3, 0.4) is 0 Å². The lowest BCUT2D eigenvalue weighted by atomic mass is 10.1. The lowest BCUT2D eigenvalue weighted by molar-refractivity contribution is -0.136. The van der Waals surface area contributed by atoms with Gasteiger partial charge in [0.25, 0.3) is 0 Å². The predicted molar refractivity (Wildman–Crippen MR) is 87.4 cm³/mol. The Morgan fingerprint density at radius 1 is 1.46 bits per heavy atom. The molecule has 0 radical (unpaired) electrons. The Morgan fingerprint density at radius 2 is 2.25 bits per heavy atom. The minimum atomic E-state index is -1.21. The number of nitrogens with zero attached hydrogens (tertiary/aromatic N) is 1. The van der Waals surface area contributed by atoms with Crippen molar-refractivity contribution < 1.29 is 18.7 Å². The molecule has 1 aromatic heterocycles. The number of carbonyl (C=O) groups is 2. The van der Waals surface area contributed by atoms with Gasteiger partial charge in [0.1, 0.15) is 18.0 Å². The largest absolute Gasteiger partial charge is 0.493 e. The van der Waals surface area contributed by atoms with Crippen LogP contribution in [0.15, 0.2) is 24.4 Å². The summed E-state index contributed by atoms with van der Waals surface area (Å²) >= 11 is 0. The monoisotopic (exact) mass is 333 g/mol. The van der Waals surface area contributed by atoms with Gasteiger partial charge in [-0.2, -0.15) is 0 Å². The van der Waals surface area contributed by atoms with Crippen molar-refractivity contribution >= 4 is 22.7 Å². The quantitative estimate of drug-likeness (QED) is 0.870. The summed E-state index contributed by atoms with van der Waals surface area (Å²) in [5, 5.41) is 0.833. The summed E-state index contributed by atoms with van der Waals surface area (Å²) in [5.74, 6) is -0.293. The molecule has 2 heterocycles. The molecular weight excluding hydrogens is 313 g/mol. The number of halogens is 1. The van der Waals surface area contributed by atoms with Crippen LogP contribution >= 0.6 is 0 Å². The van der Waals surface area contributed by atoms with Gasteiger partial charge in [0.2, 0.25) is 11.8 Å². The number of carbonyl (C=O) groups excluding carboxylic acids is 2. The standard InChI is InChI=1S/C17H20FN3O3/c1-2-24-14-5-3-4-12-16(14)10(8-20-12)6-15(22)21-9-11(18)7-13(21)17(19)23/h3-5,8,11,13,20H,2,6-7,9H2,1H3,(H2,19,23)/t11-,13+/m1/s1. The average Bonchev–Trinajstić information content (AvgIpc) is 3.12. The van der Waals surface area contributed by atoms with Gasteiger partial charge in [0.05, 0.1) is 19.6 Å². The van der Waals surface area contributed by atoms with Crippen LogP contribution in [-0.4, -0.2) is 47.1 Å². The number of fused-ring (bicyclic) bond motifs is 1. The van der Waals surface area contributed by atoms with E-state index in [1.807, 2.05) is 25.1 Å². The van der Waals surface area contributed by atoms with Crippen molar-refractivity contribution in [3.63, 3.8) is 0 Å². The first kappa shape index (κ1) is 16.3. The van der Waals surface area contributed by atoms with E-state index < -0.39 is 18.1 Å². The number of nitrogens with two attached hydrogens (primary N) is 1.